The van der Waals surface area contributed by atoms with E-state index < -0.39 is 21.8 Å². The van der Waals surface area contributed by atoms with Crippen molar-refractivity contribution in [3.8, 4) is 11.5 Å². The Morgan fingerprint density at radius 3 is 2.23 bits per heavy atom. The van der Waals surface area contributed by atoms with E-state index in [9.17, 15) is 21.6 Å². The number of nitrogens with zero attached hydrogens (tertiary/aromatic N) is 3. The van der Waals surface area contributed by atoms with Crippen LogP contribution in [-0.4, -0.2) is 29.2 Å². The van der Waals surface area contributed by atoms with E-state index in [4.69, 9.17) is 4.74 Å². The van der Waals surface area contributed by atoms with E-state index >= 15 is 0 Å². The van der Waals surface area contributed by atoms with Gasteiger partial charge >= 0.3 is 6.18 Å². The fraction of sp³-hybridized carbons (Fsp3) is 0.200. The maximum absolute atomic E-state index is 12.9. The van der Waals surface area contributed by atoms with Crippen molar-refractivity contribution in [3.63, 3.8) is 0 Å². The summed E-state index contributed by atoms with van der Waals surface area (Å²) < 4.78 is 70.6. The van der Waals surface area contributed by atoms with Crippen molar-refractivity contribution < 1.29 is 26.3 Å². The molecular formula is C20H16F3N3O3S. The minimum absolute atomic E-state index is 0.0970. The first-order valence-corrected chi connectivity index (χ1v) is 10.4. The van der Waals surface area contributed by atoms with Crippen molar-refractivity contribution >= 4 is 10.0 Å². The van der Waals surface area contributed by atoms with Gasteiger partial charge in [0.15, 0.2) is 0 Å². The Morgan fingerprint density at radius 1 is 0.967 bits per heavy atom. The van der Waals surface area contributed by atoms with Gasteiger partial charge in [0.05, 0.1) is 22.7 Å². The van der Waals surface area contributed by atoms with E-state index in [2.05, 4.69) is 9.97 Å². The van der Waals surface area contributed by atoms with Gasteiger partial charge < -0.3 is 4.74 Å². The molecule has 3 aromatic rings. The summed E-state index contributed by atoms with van der Waals surface area (Å²) in [6.07, 6.45) is -0.804. The maximum Gasteiger partial charge on any atom is 0.416 e. The summed E-state index contributed by atoms with van der Waals surface area (Å²) in [5, 5.41) is 0. The molecule has 2 heterocycles. The number of fused-ring (bicyclic) bond motifs is 1. The third kappa shape index (κ3) is 4.14. The van der Waals surface area contributed by atoms with Gasteiger partial charge in [-0.2, -0.15) is 17.5 Å². The molecule has 0 radical (unpaired) electrons. The highest BCUT2D eigenvalue weighted by Crippen LogP contribution is 2.32. The average Bonchev–Trinajstić information content (AvgIpc) is 2.73. The Kier molecular flexibility index (Phi) is 5.20. The summed E-state index contributed by atoms with van der Waals surface area (Å²) in [6.45, 7) is 0.497. The van der Waals surface area contributed by atoms with Crippen molar-refractivity contribution in [2.24, 2.45) is 0 Å². The zero-order valence-electron chi connectivity index (χ0n) is 15.5. The summed E-state index contributed by atoms with van der Waals surface area (Å²) in [5.74, 6) is 0.524. The lowest BCUT2D eigenvalue weighted by atomic mass is 10.1. The Morgan fingerprint density at radius 2 is 1.60 bits per heavy atom. The topological polar surface area (TPSA) is 72.4 Å². The van der Waals surface area contributed by atoms with Gasteiger partial charge in [-0.05, 0) is 60.5 Å². The van der Waals surface area contributed by atoms with Crippen LogP contribution in [0.3, 0.4) is 0 Å². The second-order valence-corrected chi connectivity index (χ2v) is 8.62. The van der Waals surface area contributed by atoms with Gasteiger partial charge in [0, 0.05) is 12.7 Å². The van der Waals surface area contributed by atoms with Gasteiger partial charge in [-0.3, -0.25) is 0 Å². The molecular weight excluding hydrogens is 419 g/mol. The van der Waals surface area contributed by atoms with E-state index in [0.29, 0.717) is 24.4 Å². The third-order valence-corrected chi connectivity index (χ3v) is 6.58. The van der Waals surface area contributed by atoms with Gasteiger partial charge in [-0.25, -0.2) is 18.4 Å². The summed E-state index contributed by atoms with van der Waals surface area (Å²) in [5.41, 5.74) is 0.844. The molecule has 0 fully saturated rings. The molecule has 0 N–H and O–H groups in total. The van der Waals surface area contributed by atoms with Crippen LogP contribution in [0.4, 0.5) is 13.2 Å². The molecule has 0 spiro atoms. The second-order valence-electron chi connectivity index (χ2n) is 6.68. The van der Waals surface area contributed by atoms with Crippen LogP contribution in [0.1, 0.15) is 16.8 Å². The standard InChI is InChI=1S/C20H16F3N3O3S/c21-20(22,23)15-1-3-16(4-2-15)29-17-5-7-18(8-6-17)30(27,28)26-10-9-14-11-24-13-25-19(14)12-26/h1-8,11,13H,9-10,12H2. The average molecular weight is 435 g/mol. The summed E-state index contributed by atoms with van der Waals surface area (Å²) in [6, 6.07) is 10.0. The van der Waals surface area contributed by atoms with E-state index in [-0.39, 0.29) is 17.2 Å². The predicted molar refractivity (Wildman–Crippen MR) is 101 cm³/mol. The van der Waals surface area contributed by atoms with Crippen LogP contribution >= 0.6 is 0 Å². The fourth-order valence-corrected chi connectivity index (χ4v) is 4.51. The zero-order valence-corrected chi connectivity index (χ0v) is 16.3. The first-order chi connectivity index (χ1) is 14.2. The van der Waals surface area contributed by atoms with Crippen LogP contribution in [0.5, 0.6) is 11.5 Å². The summed E-state index contributed by atoms with van der Waals surface area (Å²) in [4.78, 5) is 8.20. The van der Waals surface area contributed by atoms with Gasteiger partial charge in [0.25, 0.3) is 0 Å². The number of hydrogen-bond donors (Lipinski definition) is 0. The fourth-order valence-electron chi connectivity index (χ4n) is 3.11. The molecule has 2 aromatic carbocycles. The lowest BCUT2D eigenvalue weighted by Crippen LogP contribution is -2.36. The van der Waals surface area contributed by atoms with E-state index in [1.165, 1.54) is 47.0 Å². The maximum atomic E-state index is 12.9. The van der Waals surface area contributed by atoms with Crippen molar-refractivity contribution in [2.75, 3.05) is 6.54 Å². The molecule has 0 atom stereocenters. The lowest BCUT2D eigenvalue weighted by Gasteiger charge is -2.27. The molecule has 30 heavy (non-hydrogen) atoms. The molecule has 6 nitrogen and oxygen atoms in total. The number of halogens is 3. The molecule has 4 rings (SSSR count). The van der Waals surface area contributed by atoms with Crippen LogP contribution in [0.2, 0.25) is 0 Å². The summed E-state index contributed by atoms with van der Waals surface area (Å²) >= 11 is 0. The molecule has 1 aromatic heterocycles. The molecule has 1 aliphatic rings. The van der Waals surface area contributed by atoms with Gasteiger partial charge in [0.1, 0.15) is 17.8 Å². The minimum Gasteiger partial charge on any atom is -0.457 e. The number of hydrogen-bond acceptors (Lipinski definition) is 5. The Hall–Kier alpha value is -2.98. The molecule has 10 heteroatoms. The Bertz CT molecular complexity index is 1150. The lowest BCUT2D eigenvalue weighted by molar-refractivity contribution is -0.137. The number of alkyl halides is 3. The summed E-state index contributed by atoms with van der Waals surface area (Å²) in [7, 11) is -3.72. The molecule has 0 unspecified atom stereocenters. The smallest absolute Gasteiger partial charge is 0.416 e. The first kappa shape index (κ1) is 20.3. The van der Waals surface area contributed by atoms with Crippen LogP contribution in [0.25, 0.3) is 0 Å². The van der Waals surface area contributed by atoms with Gasteiger partial charge in [0.2, 0.25) is 10.0 Å². The van der Waals surface area contributed by atoms with Crippen LogP contribution < -0.4 is 4.74 Å². The molecule has 1 aliphatic heterocycles. The first-order valence-electron chi connectivity index (χ1n) is 8.96. The van der Waals surface area contributed by atoms with Crippen molar-refractivity contribution in [1.29, 1.82) is 0 Å². The van der Waals surface area contributed by atoms with Crippen molar-refractivity contribution in [3.05, 3.63) is 77.9 Å². The highest BCUT2D eigenvalue weighted by molar-refractivity contribution is 7.89. The quantitative estimate of drug-likeness (QED) is 0.619. The van der Waals surface area contributed by atoms with Crippen LogP contribution in [0, 0.1) is 0 Å². The van der Waals surface area contributed by atoms with Gasteiger partial charge in [-0.1, -0.05) is 0 Å². The third-order valence-electron chi connectivity index (χ3n) is 4.72. The predicted octanol–water partition coefficient (Wildman–Crippen LogP) is 4.03. The highest BCUT2D eigenvalue weighted by Gasteiger charge is 2.30. The molecule has 0 aliphatic carbocycles. The largest absolute Gasteiger partial charge is 0.457 e. The monoisotopic (exact) mass is 435 g/mol. The zero-order chi connectivity index (χ0) is 21.4. The van der Waals surface area contributed by atoms with Crippen LogP contribution in [-0.2, 0) is 29.2 Å². The number of rotatable bonds is 4. The molecule has 0 saturated heterocycles. The molecule has 156 valence electrons. The van der Waals surface area contributed by atoms with E-state index in [1.54, 1.807) is 6.20 Å². The van der Waals surface area contributed by atoms with Crippen LogP contribution in [0.15, 0.2) is 66.0 Å². The normalized spacial score (nSPS) is 14.9. The molecule has 0 bridgehead atoms. The number of sulfonamides is 1. The van der Waals surface area contributed by atoms with Crippen molar-refractivity contribution in [1.82, 2.24) is 14.3 Å². The molecule has 0 saturated carbocycles. The van der Waals surface area contributed by atoms with E-state index in [1.807, 2.05) is 0 Å². The minimum atomic E-state index is -4.42. The Labute approximate surface area is 171 Å². The van der Waals surface area contributed by atoms with Gasteiger partial charge in [-0.15, -0.1) is 0 Å². The highest BCUT2D eigenvalue weighted by atomic mass is 32.2. The Balaban J connectivity index is 1.48. The number of aromatic nitrogens is 2. The molecule has 0 amide bonds. The SMILES string of the molecule is O=S(=O)(c1ccc(Oc2ccc(C(F)(F)F)cc2)cc1)N1CCc2cncnc2C1. The second kappa shape index (κ2) is 7.69. The van der Waals surface area contributed by atoms with E-state index in [0.717, 1.165) is 17.7 Å². The number of ether oxygens (including phenoxy) is 1. The van der Waals surface area contributed by atoms with Crippen molar-refractivity contribution in [2.45, 2.75) is 24.0 Å². The number of benzene rings is 2.